The van der Waals surface area contributed by atoms with Crippen molar-refractivity contribution in [2.75, 3.05) is 19.4 Å². The summed E-state index contributed by atoms with van der Waals surface area (Å²) in [5.74, 6) is 0.857. The fourth-order valence-corrected chi connectivity index (χ4v) is 4.22. The first-order valence-corrected chi connectivity index (χ1v) is 8.27. The van der Waals surface area contributed by atoms with Crippen LogP contribution in [0.25, 0.3) is 0 Å². The standard InChI is InChI=1S/C14H18N2O3S/c1-19-14-5-4-11(7-12(14)8-15)9-16-10-13-3-2-6-20(13,17)18/h4-5,7,13,16H,2-3,6,9-10H2,1H3. The van der Waals surface area contributed by atoms with Crippen LogP contribution in [0.2, 0.25) is 0 Å². The largest absolute Gasteiger partial charge is 0.495 e. The summed E-state index contributed by atoms with van der Waals surface area (Å²) in [5.41, 5.74) is 1.43. The number of nitriles is 1. The molecule has 1 fully saturated rings. The molecule has 1 atom stereocenters. The van der Waals surface area contributed by atoms with E-state index in [0.717, 1.165) is 18.4 Å². The van der Waals surface area contributed by atoms with E-state index in [1.807, 2.05) is 6.07 Å². The Bertz CT molecular complexity index is 620. The number of methoxy groups -OCH3 is 1. The second-order valence-electron chi connectivity index (χ2n) is 4.91. The Morgan fingerprint density at radius 2 is 2.30 bits per heavy atom. The quantitative estimate of drug-likeness (QED) is 0.883. The first kappa shape index (κ1) is 14.8. The highest BCUT2D eigenvalue weighted by atomic mass is 32.2. The molecule has 1 aliphatic rings. The zero-order valence-corrected chi connectivity index (χ0v) is 12.2. The Hall–Kier alpha value is -1.58. The lowest BCUT2D eigenvalue weighted by Gasteiger charge is -2.11. The van der Waals surface area contributed by atoms with Crippen molar-refractivity contribution >= 4 is 9.84 Å². The van der Waals surface area contributed by atoms with Gasteiger partial charge in [0.1, 0.15) is 11.8 Å². The van der Waals surface area contributed by atoms with E-state index in [9.17, 15) is 8.42 Å². The topological polar surface area (TPSA) is 79.2 Å². The van der Waals surface area contributed by atoms with Crippen LogP contribution in [0.1, 0.15) is 24.0 Å². The van der Waals surface area contributed by atoms with Crippen molar-refractivity contribution in [3.05, 3.63) is 29.3 Å². The van der Waals surface area contributed by atoms with E-state index >= 15 is 0 Å². The molecule has 2 rings (SSSR count). The molecular weight excluding hydrogens is 276 g/mol. The molecule has 0 spiro atoms. The van der Waals surface area contributed by atoms with E-state index in [2.05, 4.69) is 11.4 Å². The average Bonchev–Trinajstić information content (AvgIpc) is 2.78. The van der Waals surface area contributed by atoms with Gasteiger partial charge >= 0.3 is 0 Å². The molecule has 1 aromatic rings. The zero-order chi connectivity index (χ0) is 14.6. The lowest BCUT2D eigenvalue weighted by Crippen LogP contribution is -2.30. The summed E-state index contributed by atoms with van der Waals surface area (Å²) >= 11 is 0. The van der Waals surface area contributed by atoms with Crippen LogP contribution in [0.3, 0.4) is 0 Å². The van der Waals surface area contributed by atoms with Gasteiger partial charge in [0.05, 0.1) is 23.7 Å². The third kappa shape index (κ3) is 3.30. The average molecular weight is 294 g/mol. The summed E-state index contributed by atoms with van der Waals surface area (Å²) < 4.78 is 28.5. The molecule has 1 aromatic carbocycles. The lowest BCUT2D eigenvalue weighted by atomic mass is 10.1. The van der Waals surface area contributed by atoms with Gasteiger partial charge in [-0.05, 0) is 30.5 Å². The van der Waals surface area contributed by atoms with Crippen LogP contribution in [0.4, 0.5) is 0 Å². The smallest absolute Gasteiger partial charge is 0.154 e. The molecule has 0 bridgehead atoms. The number of nitrogens with zero attached hydrogens (tertiary/aromatic N) is 1. The molecule has 20 heavy (non-hydrogen) atoms. The van der Waals surface area contributed by atoms with Crippen LogP contribution in [-0.2, 0) is 16.4 Å². The van der Waals surface area contributed by atoms with Crippen molar-refractivity contribution < 1.29 is 13.2 Å². The van der Waals surface area contributed by atoms with Gasteiger partial charge in [0.15, 0.2) is 9.84 Å². The molecule has 1 N–H and O–H groups in total. The van der Waals surface area contributed by atoms with Gasteiger partial charge < -0.3 is 10.1 Å². The molecule has 0 aliphatic carbocycles. The van der Waals surface area contributed by atoms with Gasteiger partial charge in [-0.2, -0.15) is 5.26 Å². The van der Waals surface area contributed by atoms with Crippen LogP contribution >= 0.6 is 0 Å². The molecule has 0 saturated carbocycles. The van der Waals surface area contributed by atoms with Crippen LogP contribution in [0.5, 0.6) is 5.75 Å². The predicted molar refractivity (Wildman–Crippen MR) is 76.2 cm³/mol. The van der Waals surface area contributed by atoms with Crippen molar-refractivity contribution in [3.63, 3.8) is 0 Å². The Labute approximate surface area is 119 Å². The summed E-state index contributed by atoms with van der Waals surface area (Å²) in [6.45, 7) is 1.01. The molecule has 1 saturated heterocycles. The Morgan fingerprint density at radius 3 is 2.90 bits per heavy atom. The fourth-order valence-electron chi connectivity index (χ4n) is 2.42. The van der Waals surface area contributed by atoms with Gasteiger partial charge in [0, 0.05) is 13.1 Å². The minimum Gasteiger partial charge on any atom is -0.495 e. The monoisotopic (exact) mass is 294 g/mol. The normalized spacial score (nSPS) is 20.5. The molecule has 0 aromatic heterocycles. The van der Waals surface area contributed by atoms with E-state index in [-0.39, 0.29) is 5.25 Å². The number of sulfone groups is 1. The maximum atomic E-state index is 11.7. The van der Waals surface area contributed by atoms with Crippen LogP contribution in [0.15, 0.2) is 18.2 Å². The molecule has 0 amide bonds. The number of hydrogen-bond donors (Lipinski definition) is 1. The molecule has 6 heteroatoms. The summed E-state index contributed by atoms with van der Waals surface area (Å²) in [6.07, 6.45) is 1.50. The van der Waals surface area contributed by atoms with E-state index < -0.39 is 9.84 Å². The number of ether oxygens (including phenoxy) is 1. The van der Waals surface area contributed by atoms with E-state index in [0.29, 0.717) is 30.2 Å². The highest BCUT2D eigenvalue weighted by Crippen LogP contribution is 2.20. The second kappa shape index (κ2) is 6.25. The fraction of sp³-hybridized carbons (Fsp3) is 0.500. The molecular formula is C14H18N2O3S. The minimum atomic E-state index is -2.90. The van der Waals surface area contributed by atoms with Gasteiger partial charge in [-0.1, -0.05) is 6.07 Å². The summed E-state index contributed by atoms with van der Waals surface area (Å²) in [6, 6.07) is 7.46. The number of hydrogen-bond acceptors (Lipinski definition) is 5. The van der Waals surface area contributed by atoms with Crippen molar-refractivity contribution in [2.24, 2.45) is 0 Å². The Balaban J connectivity index is 1.93. The number of benzene rings is 1. The summed E-state index contributed by atoms with van der Waals surface area (Å²) in [5, 5.41) is 11.9. The van der Waals surface area contributed by atoms with E-state index in [1.165, 1.54) is 7.11 Å². The molecule has 5 nitrogen and oxygen atoms in total. The molecule has 1 heterocycles. The summed E-state index contributed by atoms with van der Waals surface area (Å²) in [4.78, 5) is 0. The van der Waals surface area contributed by atoms with Crippen molar-refractivity contribution in [2.45, 2.75) is 24.6 Å². The summed E-state index contributed by atoms with van der Waals surface area (Å²) in [7, 11) is -1.37. The van der Waals surface area contributed by atoms with E-state index in [1.54, 1.807) is 12.1 Å². The third-order valence-electron chi connectivity index (χ3n) is 3.55. The SMILES string of the molecule is COc1ccc(CNCC2CCCS2(=O)=O)cc1C#N. The van der Waals surface area contributed by atoms with Gasteiger partial charge in [0.25, 0.3) is 0 Å². The van der Waals surface area contributed by atoms with Crippen LogP contribution in [-0.4, -0.2) is 33.1 Å². The Morgan fingerprint density at radius 1 is 1.50 bits per heavy atom. The van der Waals surface area contributed by atoms with Crippen molar-refractivity contribution in [1.29, 1.82) is 5.26 Å². The Kier molecular flexibility index (Phi) is 4.63. The van der Waals surface area contributed by atoms with E-state index in [4.69, 9.17) is 10.00 Å². The molecule has 0 radical (unpaired) electrons. The molecule has 1 unspecified atom stereocenters. The maximum Gasteiger partial charge on any atom is 0.154 e. The number of nitrogens with one attached hydrogen (secondary N) is 1. The highest BCUT2D eigenvalue weighted by Gasteiger charge is 2.30. The zero-order valence-electron chi connectivity index (χ0n) is 11.4. The molecule has 1 aliphatic heterocycles. The van der Waals surface area contributed by atoms with Crippen LogP contribution in [0, 0.1) is 11.3 Å². The number of rotatable bonds is 5. The van der Waals surface area contributed by atoms with Crippen molar-refractivity contribution in [3.8, 4) is 11.8 Å². The first-order chi connectivity index (χ1) is 9.56. The van der Waals surface area contributed by atoms with Crippen molar-refractivity contribution in [1.82, 2.24) is 5.32 Å². The molecule has 108 valence electrons. The highest BCUT2D eigenvalue weighted by molar-refractivity contribution is 7.92. The second-order valence-corrected chi connectivity index (χ2v) is 7.31. The van der Waals surface area contributed by atoms with Gasteiger partial charge in [0.2, 0.25) is 0 Å². The van der Waals surface area contributed by atoms with Crippen LogP contribution < -0.4 is 10.1 Å². The minimum absolute atomic E-state index is 0.267. The van der Waals surface area contributed by atoms with Gasteiger partial charge in [-0.25, -0.2) is 8.42 Å². The van der Waals surface area contributed by atoms with Gasteiger partial charge in [-0.15, -0.1) is 0 Å². The van der Waals surface area contributed by atoms with Gasteiger partial charge in [-0.3, -0.25) is 0 Å². The predicted octanol–water partition coefficient (Wildman–Crippen LogP) is 1.23. The maximum absolute atomic E-state index is 11.7. The lowest BCUT2D eigenvalue weighted by molar-refractivity contribution is 0.413. The third-order valence-corrected chi connectivity index (χ3v) is 5.82. The first-order valence-electron chi connectivity index (χ1n) is 6.56.